The van der Waals surface area contributed by atoms with Crippen LogP contribution in [-0.2, 0) is 14.3 Å². The number of aromatic nitrogens is 1. The van der Waals surface area contributed by atoms with Crippen LogP contribution in [0.1, 0.15) is 19.3 Å². The van der Waals surface area contributed by atoms with Gasteiger partial charge in [0.1, 0.15) is 6.10 Å². The number of halogens is 1. The monoisotopic (exact) mass is 324 g/mol. The highest BCUT2D eigenvalue weighted by Crippen LogP contribution is 2.33. The van der Waals surface area contributed by atoms with Crippen molar-refractivity contribution in [2.75, 3.05) is 26.9 Å². The molecule has 1 saturated heterocycles. The van der Waals surface area contributed by atoms with Crippen molar-refractivity contribution in [3.05, 3.63) is 24.1 Å². The van der Waals surface area contributed by atoms with Crippen LogP contribution < -0.4 is 4.74 Å². The number of amides is 1. The van der Waals surface area contributed by atoms with Gasteiger partial charge in [0.05, 0.1) is 31.8 Å². The van der Waals surface area contributed by atoms with Crippen molar-refractivity contribution in [3.63, 3.8) is 0 Å². The summed E-state index contributed by atoms with van der Waals surface area (Å²) in [6.07, 6.45) is 2.84. The Balaban J connectivity index is 1.76. The molecule has 2 heterocycles. The van der Waals surface area contributed by atoms with E-state index >= 15 is 0 Å². The zero-order valence-electron chi connectivity index (χ0n) is 13.1. The van der Waals surface area contributed by atoms with Crippen molar-refractivity contribution in [1.29, 1.82) is 0 Å². The number of rotatable bonds is 5. The van der Waals surface area contributed by atoms with Crippen LogP contribution in [0.15, 0.2) is 18.3 Å². The Bertz CT molecular complexity index is 557. The maximum Gasteiger partial charge on any atom is 0.250 e. The minimum Gasteiger partial charge on any atom is -0.467 e. The molecule has 0 spiro atoms. The summed E-state index contributed by atoms with van der Waals surface area (Å²) in [4.78, 5) is 18.1. The summed E-state index contributed by atoms with van der Waals surface area (Å²) in [5.74, 6) is -0.532. The molecule has 2 aliphatic rings. The third kappa shape index (κ3) is 3.45. The van der Waals surface area contributed by atoms with Crippen LogP contribution in [-0.4, -0.2) is 60.9 Å². The van der Waals surface area contributed by atoms with Crippen LogP contribution in [0.5, 0.6) is 5.88 Å². The molecule has 1 saturated carbocycles. The average Bonchev–Trinajstić information content (AvgIpc) is 2.83. The van der Waals surface area contributed by atoms with Crippen LogP contribution in [0.4, 0.5) is 4.39 Å². The van der Waals surface area contributed by atoms with Crippen molar-refractivity contribution < 1.29 is 23.4 Å². The molecule has 2 bridgehead atoms. The average molecular weight is 324 g/mol. The summed E-state index contributed by atoms with van der Waals surface area (Å²) in [5.41, 5.74) is 0. The number of nitrogens with zero attached hydrogens (tertiary/aromatic N) is 2. The fourth-order valence-corrected chi connectivity index (χ4v) is 3.27. The molecular formula is C16H21FN2O4. The molecule has 1 aromatic heterocycles. The first-order chi connectivity index (χ1) is 11.2. The van der Waals surface area contributed by atoms with Crippen LogP contribution >= 0.6 is 0 Å². The smallest absolute Gasteiger partial charge is 0.250 e. The molecule has 1 aliphatic heterocycles. The molecule has 1 aliphatic carbocycles. The lowest BCUT2D eigenvalue weighted by molar-refractivity contribution is -0.135. The van der Waals surface area contributed by atoms with Gasteiger partial charge in [0, 0.05) is 19.9 Å². The fraction of sp³-hybridized carbons (Fsp3) is 0.625. The molecule has 0 unspecified atom stereocenters. The number of carbonyl (C=O) groups excluding carboxylic acids is 1. The van der Waals surface area contributed by atoms with Gasteiger partial charge in [-0.2, -0.15) is 0 Å². The van der Waals surface area contributed by atoms with E-state index in [-0.39, 0.29) is 23.9 Å². The maximum absolute atomic E-state index is 13.8. The zero-order chi connectivity index (χ0) is 16.2. The Hall–Kier alpha value is -1.73. The second-order valence-electron chi connectivity index (χ2n) is 5.76. The SMILES string of the molecule is COCCC(=O)N1CCO[C@H]2CC[C@H]1[C@@H]2Oc1ncccc1F. The van der Waals surface area contributed by atoms with E-state index in [1.165, 1.54) is 18.3 Å². The third-order valence-corrected chi connectivity index (χ3v) is 4.37. The minimum atomic E-state index is -0.506. The van der Waals surface area contributed by atoms with E-state index in [0.29, 0.717) is 26.2 Å². The molecule has 1 amide bonds. The Morgan fingerprint density at radius 3 is 3.17 bits per heavy atom. The van der Waals surface area contributed by atoms with Gasteiger partial charge in [0.2, 0.25) is 5.91 Å². The van der Waals surface area contributed by atoms with Gasteiger partial charge in [-0.25, -0.2) is 9.37 Å². The first-order valence-corrected chi connectivity index (χ1v) is 7.88. The second kappa shape index (κ2) is 7.23. The predicted molar refractivity (Wildman–Crippen MR) is 79.6 cm³/mol. The lowest BCUT2D eigenvalue weighted by Crippen LogP contribution is -2.48. The summed E-state index contributed by atoms with van der Waals surface area (Å²) in [6, 6.07) is 2.71. The van der Waals surface area contributed by atoms with Gasteiger partial charge in [0.25, 0.3) is 5.88 Å². The Morgan fingerprint density at radius 1 is 1.52 bits per heavy atom. The number of pyridine rings is 1. The highest BCUT2D eigenvalue weighted by Gasteiger charge is 2.45. The number of fused-ring (bicyclic) bond motifs is 2. The van der Waals surface area contributed by atoms with Crippen LogP contribution in [0.25, 0.3) is 0 Å². The largest absolute Gasteiger partial charge is 0.467 e. The molecule has 23 heavy (non-hydrogen) atoms. The molecule has 0 radical (unpaired) electrons. The summed E-state index contributed by atoms with van der Waals surface area (Å²) >= 11 is 0. The molecule has 0 aromatic carbocycles. The van der Waals surface area contributed by atoms with Crippen LogP contribution in [0.3, 0.4) is 0 Å². The van der Waals surface area contributed by atoms with Crippen LogP contribution in [0, 0.1) is 5.82 Å². The lowest BCUT2D eigenvalue weighted by Gasteiger charge is -2.31. The van der Waals surface area contributed by atoms with E-state index in [2.05, 4.69) is 4.98 Å². The van der Waals surface area contributed by atoms with Gasteiger partial charge in [-0.3, -0.25) is 4.79 Å². The Morgan fingerprint density at radius 2 is 2.39 bits per heavy atom. The van der Waals surface area contributed by atoms with Crippen LogP contribution in [0.2, 0.25) is 0 Å². The lowest BCUT2D eigenvalue weighted by atomic mass is 10.1. The molecule has 1 aromatic rings. The van der Waals surface area contributed by atoms with Gasteiger partial charge < -0.3 is 19.1 Å². The molecule has 2 fully saturated rings. The van der Waals surface area contributed by atoms with Gasteiger partial charge in [-0.15, -0.1) is 0 Å². The molecule has 7 heteroatoms. The maximum atomic E-state index is 13.8. The van der Waals surface area contributed by atoms with Crippen molar-refractivity contribution in [1.82, 2.24) is 9.88 Å². The first kappa shape index (κ1) is 16.1. The summed E-state index contributed by atoms with van der Waals surface area (Å²) in [5, 5.41) is 0. The van der Waals surface area contributed by atoms with Crippen molar-refractivity contribution in [2.24, 2.45) is 0 Å². The molecule has 3 rings (SSSR count). The predicted octanol–water partition coefficient (Wildman–Crippen LogP) is 1.39. The highest BCUT2D eigenvalue weighted by atomic mass is 19.1. The number of hydrogen-bond acceptors (Lipinski definition) is 5. The van der Waals surface area contributed by atoms with Gasteiger partial charge in [0.15, 0.2) is 5.82 Å². The van der Waals surface area contributed by atoms with E-state index in [4.69, 9.17) is 14.2 Å². The summed E-state index contributed by atoms with van der Waals surface area (Å²) in [7, 11) is 1.57. The number of ether oxygens (including phenoxy) is 3. The van der Waals surface area contributed by atoms with Gasteiger partial charge in [-0.1, -0.05) is 0 Å². The van der Waals surface area contributed by atoms with E-state index < -0.39 is 11.9 Å². The normalized spacial score (nSPS) is 26.9. The highest BCUT2D eigenvalue weighted by molar-refractivity contribution is 5.76. The van der Waals surface area contributed by atoms with E-state index in [1.807, 2.05) is 0 Å². The zero-order valence-corrected chi connectivity index (χ0v) is 13.1. The Labute approximate surface area is 134 Å². The number of carbonyl (C=O) groups is 1. The Kier molecular flexibility index (Phi) is 5.07. The third-order valence-electron chi connectivity index (χ3n) is 4.37. The van der Waals surface area contributed by atoms with E-state index in [9.17, 15) is 9.18 Å². The van der Waals surface area contributed by atoms with E-state index in [1.54, 1.807) is 12.0 Å². The summed E-state index contributed by atoms with van der Waals surface area (Å²) in [6.45, 7) is 1.37. The number of methoxy groups -OCH3 is 1. The number of hydrogen-bond donors (Lipinski definition) is 0. The van der Waals surface area contributed by atoms with Crippen molar-refractivity contribution in [3.8, 4) is 5.88 Å². The van der Waals surface area contributed by atoms with E-state index in [0.717, 1.165) is 12.8 Å². The molecule has 0 N–H and O–H groups in total. The summed E-state index contributed by atoms with van der Waals surface area (Å²) < 4.78 is 30.4. The molecule has 126 valence electrons. The topological polar surface area (TPSA) is 60.9 Å². The van der Waals surface area contributed by atoms with Gasteiger partial charge in [-0.05, 0) is 25.0 Å². The first-order valence-electron chi connectivity index (χ1n) is 7.88. The van der Waals surface area contributed by atoms with Crippen molar-refractivity contribution in [2.45, 2.75) is 37.5 Å². The molecular weight excluding hydrogens is 303 g/mol. The molecule has 6 nitrogen and oxygen atoms in total. The standard InChI is InChI=1S/C16H21FN2O4/c1-21-9-6-14(20)19-8-10-22-13-5-4-12(19)15(13)23-16-11(17)3-2-7-18-16/h2-3,7,12-13,15H,4-6,8-10H2,1H3/t12-,13-,15-/m0/s1. The fourth-order valence-electron chi connectivity index (χ4n) is 3.27. The molecule has 3 atom stereocenters. The second-order valence-corrected chi connectivity index (χ2v) is 5.76. The van der Waals surface area contributed by atoms with Gasteiger partial charge >= 0.3 is 0 Å². The minimum absolute atomic E-state index is 0.0121. The quantitative estimate of drug-likeness (QED) is 0.819. The van der Waals surface area contributed by atoms with Crippen molar-refractivity contribution >= 4 is 5.91 Å².